The Morgan fingerprint density at radius 1 is 1.29 bits per heavy atom. The van der Waals surface area contributed by atoms with Gasteiger partial charge >= 0.3 is 6.03 Å². The van der Waals surface area contributed by atoms with E-state index >= 15 is 0 Å². The molecule has 1 aliphatic carbocycles. The molecular formula is C21H19F2N3O4S. The van der Waals surface area contributed by atoms with Crippen molar-refractivity contribution in [3.8, 4) is 5.75 Å². The first-order chi connectivity index (χ1) is 14.8. The highest BCUT2D eigenvalue weighted by atomic mass is 32.2. The Kier molecular flexibility index (Phi) is 5.57. The van der Waals surface area contributed by atoms with Crippen LogP contribution in [-0.2, 0) is 21.5 Å². The molecule has 2 aliphatic rings. The third kappa shape index (κ3) is 3.83. The number of aryl methyl sites for hydroxylation is 1. The number of halogens is 2. The van der Waals surface area contributed by atoms with Crippen LogP contribution in [0.4, 0.5) is 19.3 Å². The van der Waals surface area contributed by atoms with Crippen LogP contribution in [0, 0.1) is 0 Å². The summed E-state index contributed by atoms with van der Waals surface area (Å²) in [6.07, 6.45) is 0.982. The van der Waals surface area contributed by atoms with E-state index in [2.05, 4.69) is 10.6 Å². The van der Waals surface area contributed by atoms with E-state index in [9.17, 15) is 23.2 Å². The summed E-state index contributed by atoms with van der Waals surface area (Å²) in [5.74, 6) is -3.27. The molecule has 1 heterocycles. The fraction of sp³-hybridized carbons (Fsp3) is 0.286. The maximum Gasteiger partial charge on any atom is 0.325 e. The first kappa shape index (κ1) is 21.1. The van der Waals surface area contributed by atoms with Gasteiger partial charge in [0.05, 0.1) is 12.8 Å². The fourth-order valence-corrected chi connectivity index (χ4v) is 4.57. The zero-order valence-corrected chi connectivity index (χ0v) is 17.3. The summed E-state index contributed by atoms with van der Waals surface area (Å²) in [7, 11) is 1.51. The number of para-hydroxylation sites is 1. The molecule has 1 aliphatic heterocycles. The first-order valence-corrected chi connectivity index (χ1v) is 10.4. The van der Waals surface area contributed by atoms with Crippen LogP contribution < -0.4 is 15.4 Å². The minimum absolute atomic E-state index is 0.190. The first-order valence-electron chi connectivity index (χ1n) is 9.49. The van der Waals surface area contributed by atoms with Crippen molar-refractivity contribution in [2.24, 2.45) is 0 Å². The molecule has 10 heteroatoms. The molecule has 4 amide bonds. The number of nitrogens with zero attached hydrogens (tertiary/aromatic N) is 1. The van der Waals surface area contributed by atoms with Crippen molar-refractivity contribution >= 4 is 35.3 Å². The molecule has 31 heavy (non-hydrogen) atoms. The topological polar surface area (TPSA) is 87.7 Å². The van der Waals surface area contributed by atoms with Gasteiger partial charge in [-0.05, 0) is 48.2 Å². The van der Waals surface area contributed by atoms with E-state index in [0.29, 0.717) is 35.9 Å². The molecule has 1 atom stereocenters. The maximum atomic E-state index is 13.2. The molecular weight excluding hydrogens is 428 g/mol. The molecule has 162 valence electrons. The lowest BCUT2D eigenvalue weighted by atomic mass is 9.91. The Morgan fingerprint density at radius 3 is 2.81 bits per heavy atom. The van der Waals surface area contributed by atoms with Crippen LogP contribution in [0.15, 0.2) is 47.4 Å². The number of benzene rings is 2. The molecule has 4 rings (SSSR count). The molecule has 1 unspecified atom stereocenters. The van der Waals surface area contributed by atoms with Crippen LogP contribution in [0.5, 0.6) is 5.75 Å². The lowest BCUT2D eigenvalue weighted by Crippen LogP contribution is -2.43. The van der Waals surface area contributed by atoms with Crippen LogP contribution in [0.2, 0.25) is 0 Å². The quantitative estimate of drug-likeness (QED) is 0.524. The Labute approximate surface area is 181 Å². The number of anilines is 1. The van der Waals surface area contributed by atoms with Crippen LogP contribution in [0.3, 0.4) is 0 Å². The minimum atomic E-state index is -2.65. The normalized spacial score (nSPS) is 19.7. The second kappa shape index (κ2) is 8.18. The van der Waals surface area contributed by atoms with Crippen LogP contribution in [0.25, 0.3) is 0 Å². The van der Waals surface area contributed by atoms with Gasteiger partial charge in [0.15, 0.2) is 0 Å². The summed E-state index contributed by atoms with van der Waals surface area (Å²) in [5.41, 5.74) is 0.547. The van der Waals surface area contributed by atoms with E-state index < -0.39 is 35.7 Å². The van der Waals surface area contributed by atoms with Gasteiger partial charge in [0.25, 0.3) is 11.7 Å². The number of urea groups is 1. The van der Waals surface area contributed by atoms with Gasteiger partial charge in [-0.15, -0.1) is 0 Å². The average molecular weight is 447 g/mol. The molecule has 7 nitrogen and oxygen atoms in total. The molecule has 0 bridgehead atoms. The van der Waals surface area contributed by atoms with Crippen molar-refractivity contribution in [3.05, 3.63) is 53.6 Å². The number of fused-ring (bicyclic) bond motifs is 2. The van der Waals surface area contributed by atoms with E-state index in [-0.39, 0.29) is 10.6 Å². The highest BCUT2D eigenvalue weighted by Crippen LogP contribution is 2.42. The van der Waals surface area contributed by atoms with E-state index in [4.69, 9.17) is 4.74 Å². The van der Waals surface area contributed by atoms with Crippen molar-refractivity contribution in [3.63, 3.8) is 0 Å². The predicted octanol–water partition coefficient (Wildman–Crippen LogP) is 3.34. The largest absolute Gasteiger partial charge is 0.497 e. The van der Waals surface area contributed by atoms with Gasteiger partial charge in [-0.1, -0.05) is 30.0 Å². The molecule has 1 spiro atoms. The highest BCUT2D eigenvalue weighted by Gasteiger charge is 2.55. The van der Waals surface area contributed by atoms with Gasteiger partial charge in [0, 0.05) is 4.90 Å². The number of hydrogen-bond donors (Lipinski definition) is 2. The maximum absolute atomic E-state index is 13.2. The Hall–Kier alpha value is -3.14. The third-order valence-electron chi connectivity index (χ3n) is 5.40. The number of imide groups is 1. The van der Waals surface area contributed by atoms with Gasteiger partial charge in [0.1, 0.15) is 17.8 Å². The number of ether oxygens (including phenoxy) is 1. The van der Waals surface area contributed by atoms with Crippen molar-refractivity contribution in [1.82, 2.24) is 10.2 Å². The molecule has 0 aromatic heterocycles. The van der Waals surface area contributed by atoms with Gasteiger partial charge in [-0.25, -0.2) is 4.79 Å². The van der Waals surface area contributed by atoms with Crippen molar-refractivity contribution in [2.75, 3.05) is 19.0 Å². The average Bonchev–Trinajstić information content (AvgIpc) is 3.21. The Morgan fingerprint density at radius 2 is 2.06 bits per heavy atom. The predicted molar refractivity (Wildman–Crippen MR) is 110 cm³/mol. The number of methoxy groups -OCH3 is 1. The van der Waals surface area contributed by atoms with Crippen LogP contribution in [-0.4, -0.2) is 42.2 Å². The number of rotatable bonds is 6. The zero-order valence-electron chi connectivity index (χ0n) is 16.5. The van der Waals surface area contributed by atoms with E-state index in [1.165, 1.54) is 19.2 Å². The smallest absolute Gasteiger partial charge is 0.325 e. The number of thioether (sulfide) groups is 1. The van der Waals surface area contributed by atoms with Gasteiger partial charge in [0.2, 0.25) is 5.91 Å². The summed E-state index contributed by atoms with van der Waals surface area (Å²) in [6, 6.07) is 10.8. The van der Waals surface area contributed by atoms with Crippen LogP contribution >= 0.6 is 11.8 Å². The molecule has 1 fully saturated rings. The van der Waals surface area contributed by atoms with E-state index in [0.717, 1.165) is 10.5 Å². The number of nitrogens with one attached hydrogen (secondary N) is 2. The van der Waals surface area contributed by atoms with Gasteiger partial charge in [-0.2, -0.15) is 8.78 Å². The fourth-order valence-electron chi connectivity index (χ4n) is 3.98. The lowest BCUT2D eigenvalue weighted by Gasteiger charge is -2.22. The van der Waals surface area contributed by atoms with Gasteiger partial charge in [-0.3, -0.25) is 14.5 Å². The third-order valence-corrected chi connectivity index (χ3v) is 6.19. The molecule has 2 N–H and O–H groups in total. The zero-order chi connectivity index (χ0) is 22.2. The number of hydrogen-bond acceptors (Lipinski definition) is 5. The number of alkyl halides is 2. The number of carbonyl (C=O) groups excluding carboxylic acids is 3. The molecule has 2 aromatic carbocycles. The number of carbonyl (C=O) groups is 3. The van der Waals surface area contributed by atoms with Crippen molar-refractivity contribution in [1.29, 1.82) is 0 Å². The summed E-state index contributed by atoms with van der Waals surface area (Å²) in [6.45, 7) is -0.528. The summed E-state index contributed by atoms with van der Waals surface area (Å²) < 4.78 is 30.7. The van der Waals surface area contributed by atoms with Crippen LogP contribution in [0.1, 0.15) is 17.5 Å². The molecule has 2 aromatic rings. The Balaban J connectivity index is 1.52. The molecule has 0 radical (unpaired) electrons. The van der Waals surface area contributed by atoms with Crippen molar-refractivity contribution < 1.29 is 27.9 Å². The lowest BCUT2D eigenvalue weighted by molar-refractivity contribution is -0.134. The standard InChI is InChI=1S/C21H19F2N3O4S/c1-30-13-7-6-12-8-9-21(14(12)10-13)18(28)26(20(29)25-21)11-17(27)24-15-4-2-3-5-16(15)31-19(22)23/h2-7,10,19H,8-9,11H2,1H3,(H,24,27)(H,25,29). The molecule has 0 saturated carbocycles. The van der Waals surface area contributed by atoms with E-state index in [1.54, 1.807) is 24.3 Å². The van der Waals surface area contributed by atoms with Gasteiger partial charge < -0.3 is 15.4 Å². The summed E-state index contributed by atoms with van der Waals surface area (Å²) >= 11 is 0.302. The Bertz CT molecular complexity index is 1060. The second-order valence-corrected chi connectivity index (χ2v) is 8.20. The second-order valence-electron chi connectivity index (χ2n) is 7.17. The minimum Gasteiger partial charge on any atom is -0.497 e. The van der Waals surface area contributed by atoms with E-state index in [1.807, 2.05) is 6.07 Å². The SMILES string of the molecule is COc1ccc2c(c1)C1(CC2)NC(=O)N(CC(=O)Nc2ccccc2SC(F)F)C1=O. The highest BCUT2D eigenvalue weighted by molar-refractivity contribution is 7.99. The van der Waals surface area contributed by atoms with Crippen molar-refractivity contribution in [2.45, 2.75) is 29.0 Å². The number of amides is 4. The summed E-state index contributed by atoms with van der Waals surface area (Å²) in [5, 5.41) is 5.26. The monoisotopic (exact) mass is 447 g/mol. The summed E-state index contributed by atoms with van der Waals surface area (Å²) in [4.78, 5) is 39.4. The molecule has 1 saturated heterocycles.